The summed E-state index contributed by atoms with van der Waals surface area (Å²) in [5, 5.41) is 10.5. The lowest BCUT2D eigenvalue weighted by Gasteiger charge is -2.04. The summed E-state index contributed by atoms with van der Waals surface area (Å²) in [5.74, 6) is -0.757. The van der Waals surface area contributed by atoms with Gasteiger partial charge in [0, 0.05) is 22.0 Å². The van der Waals surface area contributed by atoms with E-state index in [1.807, 2.05) is 0 Å². The number of nitrogen functional groups attached to an aromatic ring is 1. The van der Waals surface area contributed by atoms with Gasteiger partial charge in [-0.15, -0.1) is 0 Å². The Morgan fingerprint density at radius 1 is 1.40 bits per heavy atom. The Bertz CT molecular complexity index is 554. The van der Waals surface area contributed by atoms with E-state index < -0.39 is 5.97 Å². The van der Waals surface area contributed by atoms with Crippen molar-refractivity contribution in [3.05, 3.63) is 35.0 Å². The van der Waals surface area contributed by atoms with E-state index in [4.69, 9.17) is 22.4 Å². The maximum atomic E-state index is 10.9. The second-order valence-electron chi connectivity index (χ2n) is 3.05. The monoisotopic (exact) mass is 222 g/mol. The van der Waals surface area contributed by atoms with Crippen LogP contribution in [0.3, 0.4) is 0 Å². The van der Waals surface area contributed by atoms with Gasteiger partial charge in [0.05, 0.1) is 5.56 Å². The van der Waals surface area contributed by atoms with Crippen molar-refractivity contribution in [1.29, 1.82) is 0 Å². The third kappa shape index (κ3) is 1.59. The van der Waals surface area contributed by atoms with Gasteiger partial charge in [-0.3, -0.25) is 0 Å². The first-order valence-electron chi connectivity index (χ1n) is 4.16. The Morgan fingerprint density at radius 3 is 2.80 bits per heavy atom. The van der Waals surface area contributed by atoms with Crippen molar-refractivity contribution < 1.29 is 9.90 Å². The second kappa shape index (κ2) is 3.40. The molecule has 0 amide bonds. The molecule has 0 aliphatic rings. The first-order valence-corrected chi connectivity index (χ1v) is 4.54. The number of halogens is 1. The molecule has 2 rings (SSSR count). The molecule has 0 unspecified atom stereocenters. The Labute approximate surface area is 90.3 Å². The van der Waals surface area contributed by atoms with Crippen molar-refractivity contribution >= 4 is 34.2 Å². The number of carboxylic acids is 1. The summed E-state index contributed by atoms with van der Waals surface area (Å²) in [7, 11) is 0. The number of fused-ring (bicyclic) bond motifs is 1. The van der Waals surface area contributed by atoms with Gasteiger partial charge < -0.3 is 10.8 Å². The van der Waals surface area contributed by atoms with Crippen LogP contribution in [0.1, 0.15) is 10.4 Å². The second-order valence-corrected chi connectivity index (χ2v) is 3.49. The number of carbonyl (C=O) groups is 1. The molecule has 76 valence electrons. The van der Waals surface area contributed by atoms with Crippen LogP contribution in [0.15, 0.2) is 24.4 Å². The number of rotatable bonds is 1. The minimum Gasteiger partial charge on any atom is -0.478 e. The first kappa shape index (κ1) is 9.73. The number of benzene rings is 1. The molecule has 0 atom stereocenters. The van der Waals surface area contributed by atoms with Crippen molar-refractivity contribution in [2.75, 3.05) is 5.73 Å². The molecule has 1 aromatic carbocycles. The van der Waals surface area contributed by atoms with Crippen LogP contribution < -0.4 is 5.73 Å². The normalized spacial score (nSPS) is 10.5. The minimum absolute atomic E-state index is 0.121. The predicted molar refractivity (Wildman–Crippen MR) is 58.1 cm³/mol. The number of pyridine rings is 1. The molecular formula is C10H7ClN2O2. The quantitative estimate of drug-likeness (QED) is 0.775. The van der Waals surface area contributed by atoms with Gasteiger partial charge in [0.15, 0.2) is 0 Å². The predicted octanol–water partition coefficient (Wildman–Crippen LogP) is 2.17. The number of carboxylic acid groups (broad SMARTS) is 1. The van der Waals surface area contributed by atoms with E-state index in [1.54, 1.807) is 18.2 Å². The van der Waals surface area contributed by atoms with E-state index in [0.717, 1.165) is 0 Å². The minimum atomic E-state index is -1.03. The maximum absolute atomic E-state index is 10.9. The number of aromatic carboxylic acids is 1. The van der Waals surface area contributed by atoms with Crippen LogP contribution in [0, 0.1) is 0 Å². The van der Waals surface area contributed by atoms with Crippen molar-refractivity contribution in [2.45, 2.75) is 0 Å². The van der Waals surface area contributed by atoms with Crippen molar-refractivity contribution in [1.82, 2.24) is 4.98 Å². The SMILES string of the molecule is Nc1ncc(C(=O)O)c2ccc(Cl)cc12. The average molecular weight is 223 g/mol. The number of nitrogens with zero attached hydrogens (tertiary/aromatic N) is 1. The van der Waals surface area contributed by atoms with Gasteiger partial charge in [0.1, 0.15) is 5.82 Å². The van der Waals surface area contributed by atoms with Crippen LogP contribution in [0.4, 0.5) is 5.82 Å². The highest BCUT2D eigenvalue weighted by Gasteiger charge is 2.11. The zero-order valence-corrected chi connectivity index (χ0v) is 8.32. The highest BCUT2D eigenvalue weighted by atomic mass is 35.5. The van der Waals surface area contributed by atoms with Gasteiger partial charge in [-0.2, -0.15) is 0 Å². The van der Waals surface area contributed by atoms with E-state index >= 15 is 0 Å². The highest BCUT2D eigenvalue weighted by molar-refractivity contribution is 6.31. The van der Waals surface area contributed by atoms with Crippen LogP contribution in [0.25, 0.3) is 10.8 Å². The van der Waals surface area contributed by atoms with Gasteiger partial charge in [0.2, 0.25) is 0 Å². The van der Waals surface area contributed by atoms with Crippen molar-refractivity contribution in [3.63, 3.8) is 0 Å². The highest BCUT2D eigenvalue weighted by Crippen LogP contribution is 2.25. The molecule has 1 heterocycles. The lowest BCUT2D eigenvalue weighted by Crippen LogP contribution is -2.01. The van der Waals surface area contributed by atoms with Crippen LogP contribution in [0.2, 0.25) is 5.02 Å². The third-order valence-electron chi connectivity index (χ3n) is 2.11. The van der Waals surface area contributed by atoms with E-state index in [0.29, 0.717) is 15.8 Å². The van der Waals surface area contributed by atoms with Crippen LogP contribution in [0.5, 0.6) is 0 Å². The summed E-state index contributed by atoms with van der Waals surface area (Å²) < 4.78 is 0. The Balaban J connectivity index is 2.88. The summed E-state index contributed by atoms with van der Waals surface area (Å²) in [6.07, 6.45) is 1.24. The zero-order chi connectivity index (χ0) is 11.0. The maximum Gasteiger partial charge on any atom is 0.337 e. The topological polar surface area (TPSA) is 76.2 Å². The van der Waals surface area contributed by atoms with E-state index in [-0.39, 0.29) is 11.4 Å². The molecule has 0 saturated heterocycles. The number of nitrogens with two attached hydrogens (primary N) is 1. The van der Waals surface area contributed by atoms with Crippen molar-refractivity contribution in [3.8, 4) is 0 Å². The van der Waals surface area contributed by atoms with Gasteiger partial charge in [-0.25, -0.2) is 9.78 Å². The number of aromatic nitrogens is 1. The molecule has 4 nitrogen and oxygen atoms in total. The molecule has 1 aromatic heterocycles. The van der Waals surface area contributed by atoms with Gasteiger partial charge in [-0.1, -0.05) is 17.7 Å². The molecule has 0 fully saturated rings. The molecular weight excluding hydrogens is 216 g/mol. The smallest absolute Gasteiger partial charge is 0.337 e. The molecule has 0 aliphatic heterocycles. The fourth-order valence-electron chi connectivity index (χ4n) is 1.41. The summed E-state index contributed by atoms with van der Waals surface area (Å²) >= 11 is 5.79. The zero-order valence-electron chi connectivity index (χ0n) is 7.57. The molecule has 0 bridgehead atoms. The lowest BCUT2D eigenvalue weighted by molar-refractivity contribution is 0.0698. The standard InChI is InChI=1S/C10H7ClN2O2/c11-5-1-2-6-7(3-5)9(12)13-4-8(6)10(14)15/h1-4H,(H2,12,13)(H,14,15). The van der Waals surface area contributed by atoms with Gasteiger partial charge in [-0.05, 0) is 12.1 Å². The molecule has 3 N–H and O–H groups in total. The van der Waals surface area contributed by atoms with E-state index in [2.05, 4.69) is 4.98 Å². The summed E-state index contributed by atoms with van der Waals surface area (Å²) in [4.78, 5) is 14.7. The Kier molecular flexibility index (Phi) is 2.21. The molecule has 0 saturated carbocycles. The van der Waals surface area contributed by atoms with E-state index in [9.17, 15) is 4.79 Å². The molecule has 0 spiro atoms. The first-order chi connectivity index (χ1) is 7.09. The van der Waals surface area contributed by atoms with Gasteiger partial charge >= 0.3 is 5.97 Å². The molecule has 0 radical (unpaired) electrons. The molecule has 5 heteroatoms. The largest absolute Gasteiger partial charge is 0.478 e. The molecule has 2 aromatic rings. The summed E-state index contributed by atoms with van der Waals surface area (Å²) in [6, 6.07) is 4.85. The van der Waals surface area contributed by atoms with Crippen molar-refractivity contribution in [2.24, 2.45) is 0 Å². The van der Waals surface area contributed by atoms with E-state index in [1.165, 1.54) is 6.20 Å². The average Bonchev–Trinajstić information content (AvgIpc) is 2.19. The fourth-order valence-corrected chi connectivity index (χ4v) is 1.58. The van der Waals surface area contributed by atoms with Gasteiger partial charge in [0.25, 0.3) is 0 Å². The third-order valence-corrected chi connectivity index (χ3v) is 2.35. The molecule has 15 heavy (non-hydrogen) atoms. The lowest BCUT2D eigenvalue weighted by atomic mass is 10.1. The van der Waals surface area contributed by atoms with Crippen LogP contribution >= 0.6 is 11.6 Å². The van der Waals surface area contributed by atoms with Crippen LogP contribution in [-0.2, 0) is 0 Å². The Morgan fingerprint density at radius 2 is 2.13 bits per heavy atom. The van der Waals surface area contributed by atoms with Crippen LogP contribution in [-0.4, -0.2) is 16.1 Å². The number of anilines is 1. The fraction of sp³-hybridized carbons (Fsp3) is 0. The Hall–Kier alpha value is -1.81. The summed E-state index contributed by atoms with van der Waals surface area (Å²) in [6.45, 7) is 0. The number of hydrogen-bond donors (Lipinski definition) is 2. The molecule has 0 aliphatic carbocycles. The summed E-state index contributed by atoms with van der Waals surface area (Å²) in [5.41, 5.74) is 5.75. The number of hydrogen-bond acceptors (Lipinski definition) is 3.